The molecule has 2 amide bonds. The Hall–Kier alpha value is -1.76. The second-order valence-corrected chi connectivity index (χ2v) is 6.12. The van der Waals surface area contributed by atoms with Gasteiger partial charge >= 0.3 is 0 Å². The molecule has 0 bridgehead atoms. The summed E-state index contributed by atoms with van der Waals surface area (Å²) in [7, 11) is 0. The van der Waals surface area contributed by atoms with Crippen molar-refractivity contribution in [1.82, 2.24) is 0 Å². The zero-order valence-electron chi connectivity index (χ0n) is 11.5. The Bertz CT molecular complexity index is 541. The minimum absolute atomic E-state index is 0.114. The van der Waals surface area contributed by atoms with Crippen LogP contribution in [0.15, 0.2) is 0 Å². The molecule has 2 heterocycles. The molecule has 1 aliphatic rings. The highest BCUT2D eigenvalue weighted by Gasteiger charge is 2.28. The first kappa shape index (κ1) is 14.6. The second kappa shape index (κ2) is 5.70. The molecule has 1 unspecified atom stereocenters. The number of anilines is 2. The maximum absolute atomic E-state index is 11.6. The van der Waals surface area contributed by atoms with E-state index in [2.05, 4.69) is 11.8 Å². The maximum Gasteiger partial charge on any atom is 0.260 e. The molecule has 0 aliphatic carbocycles. The zero-order valence-corrected chi connectivity index (χ0v) is 12.3. The van der Waals surface area contributed by atoms with Crippen LogP contribution in [0.25, 0.3) is 0 Å². The number of nitrogens with two attached hydrogens (primary N) is 3. The van der Waals surface area contributed by atoms with Gasteiger partial charge in [-0.2, -0.15) is 0 Å². The molecule has 1 aromatic heterocycles. The van der Waals surface area contributed by atoms with Crippen LogP contribution < -0.4 is 22.1 Å². The van der Waals surface area contributed by atoms with Crippen molar-refractivity contribution in [3.05, 3.63) is 10.4 Å². The zero-order chi connectivity index (χ0) is 14.9. The fourth-order valence-corrected chi connectivity index (χ4v) is 3.77. The average molecular weight is 296 g/mol. The minimum Gasteiger partial charge on any atom is -0.397 e. The van der Waals surface area contributed by atoms with Gasteiger partial charge in [-0.1, -0.05) is 13.3 Å². The van der Waals surface area contributed by atoms with Gasteiger partial charge in [0.1, 0.15) is 9.88 Å². The van der Waals surface area contributed by atoms with Crippen LogP contribution in [0.4, 0.5) is 10.7 Å². The molecule has 20 heavy (non-hydrogen) atoms. The van der Waals surface area contributed by atoms with Crippen LogP contribution >= 0.6 is 11.3 Å². The van der Waals surface area contributed by atoms with Crippen molar-refractivity contribution in [1.29, 1.82) is 0 Å². The summed E-state index contributed by atoms with van der Waals surface area (Å²) in [5, 5.41) is 0.682. The van der Waals surface area contributed by atoms with Crippen LogP contribution in [-0.4, -0.2) is 24.9 Å². The largest absolute Gasteiger partial charge is 0.397 e. The molecular weight excluding hydrogens is 276 g/mol. The summed E-state index contributed by atoms with van der Waals surface area (Å²) in [4.78, 5) is 25.4. The molecule has 0 spiro atoms. The molecule has 0 aromatic carbocycles. The van der Waals surface area contributed by atoms with E-state index in [1.807, 2.05) is 0 Å². The highest BCUT2D eigenvalue weighted by atomic mass is 32.1. The van der Waals surface area contributed by atoms with Gasteiger partial charge in [-0.3, -0.25) is 9.59 Å². The van der Waals surface area contributed by atoms with Gasteiger partial charge in [-0.25, -0.2) is 0 Å². The van der Waals surface area contributed by atoms with E-state index in [1.54, 1.807) is 0 Å². The van der Waals surface area contributed by atoms with Crippen molar-refractivity contribution in [2.75, 3.05) is 23.7 Å². The van der Waals surface area contributed by atoms with E-state index in [4.69, 9.17) is 17.2 Å². The minimum atomic E-state index is -0.620. The Morgan fingerprint density at radius 1 is 1.35 bits per heavy atom. The molecule has 1 saturated heterocycles. The fraction of sp³-hybridized carbons (Fsp3) is 0.538. The first-order chi connectivity index (χ1) is 9.45. The van der Waals surface area contributed by atoms with Crippen LogP contribution in [0.5, 0.6) is 0 Å². The molecule has 0 radical (unpaired) electrons. The lowest BCUT2D eigenvalue weighted by molar-refractivity contribution is 0.0999. The molecule has 2 rings (SSSR count). The van der Waals surface area contributed by atoms with Gasteiger partial charge in [-0.05, 0) is 18.8 Å². The molecule has 0 saturated carbocycles. The Labute approximate surface area is 121 Å². The summed E-state index contributed by atoms with van der Waals surface area (Å²) < 4.78 is 0. The van der Waals surface area contributed by atoms with Crippen molar-refractivity contribution in [2.24, 2.45) is 17.4 Å². The van der Waals surface area contributed by atoms with E-state index >= 15 is 0 Å². The maximum atomic E-state index is 11.6. The Morgan fingerprint density at radius 3 is 2.60 bits per heavy atom. The van der Waals surface area contributed by atoms with Crippen LogP contribution in [0, 0.1) is 5.92 Å². The van der Waals surface area contributed by atoms with E-state index < -0.39 is 11.8 Å². The highest BCUT2D eigenvalue weighted by molar-refractivity contribution is 7.19. The van der Waals surface area contributed by atoms with E-state index in [0.29, 0.717) is 10.9 Å². The second-order valence-electron chi connectivity index (χ2n) is 5.12. The van der Waals surface area contributed by atoms with Crippen LogP contribution in [0.3, 0.4) is 0 Å². The number of nitrogen functional groups attached to an aromatic ring is 1. The van der Waals surface area contributed by atoms with Gasteiger partial charge in [0.25, 0.3) is 11.8 Å². The predicted octanol–water partition coefficient (Wildman–Crippen LogP) is 1.15. The Balaban J connectivity index is 2.42. The lowest BCUT2D eigenvalue weighted by Crippen LogP contribution is -2.35. The van der Waals surface area contributed by atoms with Crippen LogP contribution in [0.1, 0.15) is 46.2 Å². The number of carbonyl (C=O) groups is 2. The summed E-state index contributed by atoms with van der Waals surface area (Å²) in [6.45, 7) is 3.85. The Morgan fingerprint density at radius 2 is 2.05 bits per heavy atom. The number of carbonyl (C=O) groups excluding carboxylic acids is 2. The molecule has 1 aromatic rings. The number of thiophene rings is 1. The summed E-state index contributed by atoms with van der Waals surface area (Å²) in [5.41, 5.74) is 16.9. The van der Waals surface area contributed by atoms with Crippen LogP contribution in [-0.2, 0) is 0 Å². The number of amides is 2. The Kier molecular flexibility index (Phi) is 4.17. The molecule has 1 fully saturated rings. The molecular formula is C13H20N4O2S. The summed E-state index contributed by atoms with van der Waals surface area (Å²) in [5.74, 6) is -0.644. The van der Waals surface area contributed by atoms with Gasteiger partial charge in [0.2, 0.25) is 0 Å². The number of nitrogens with zero attached hydrogens (tertiary/aromatic N) is 1. The third kappa shape index (κ3) is 2.58. The van der Waals surface area contributed by atoms with E-state index in [0.717, 1.165) is 25.9 Å². The SMILES string of the molecule is CCC1CCCN(c2sc(C(N)=O)c(N)c2C(N)=O)C1. The van der Waals surface area contributed by atoms with Gasteiger partial charge < -0.3 is 22.1 Å². The topological polar surface area (TPSA) is 115 Å². The molecule has 6 nitrogen and oxygen atoms in total. The third-order valence-electron chi connectivity index (χ3n) is 3.78. The highest BCUT2D eigenvalue weighted by Crippen LogP contribution is 2.39. The van der Waals surface area contributed by atoms with Crippen molar-refractivity contribution in [3.63, 3.8) is 0 Å². The van der Waals surface area contributed by atoms with E-state index in [1.165, 1.54) is 17.8 Å². The van der Waals surface area contributed by atoms with E-state index in [9.17, 15) is 9.59 Å². The van der Waals surface area contributed by atoms with E-state index in [-0.39, 0.29) is 16.1 Å². The van der Waals surface area contributed by atoms with Gasteiger partial charge in [0.15, 0.2) is 0 Å². The van der Waals surface area contributed by atoms with Gasteiger partial charge in [0, 0.05) is 13.1 Å². The monoisotopic (exact) mass is 296 g/mol. The number of piperidine rings is 1. The van der Waals surface area contributed by atoms with Crippen LogP contribution in [0.2, 0.25) is 0 Å². The normalized spacial score (nSPS) is 19.1. The summed E-state index contributed by atoms with van der Waals surface area (Å²) in [6.07, 6.45) is 3.33. The average Bonchev–Trinajstić information content (AvgIpc) is 2.76. The summed E-state index contributed by atoms with van der Waals surface area (Å²) >= 11 is 1.17. The molecule has 1 atom stereocenters. The fourth-order valence-electron chi connectivity index (χ4n) is 2.66. The molecule has 7 heteroatoms. The predicted molar refractivity (Wildman–Crippen MR) is 81.0 cm³/mol. The van der Waals surface area contributed by atoms with Gasteiger partial charge in [-0.15, -0.1) is 11.3 Å². The quantitative estimate of drug-likeness (QED) is 0.773. The lowest BCUT2D eigenvalue weighted by Gasteiger charge is -2.33. The standard InChI is InChI=1S/C13H20N4O2S/c1-2-7-4-3-5-17(6-7)13-8(11(15)18)9(14)10(20-13)12(16)19/h7H,2-6,14H2,1H3,(H2,15,18)(H2,16,19). The van der Waals surface area contributed by atoms with Crippen molar-refractivity contribution in [2.45, 2.75) is 26.2 Å². The first-order valence-corrected chi connectivity index (χ1v) is 7.54. The number of rotatable bonds is 4. The first-order valence-electron chi connectivity index (χ1n) is 6.72. The van der Waals surface area contributed by atoms with Gasteiger partial charge in [0.05, 0.1) is 11.3 Å². The van der Waals surface area contributed by atoms with Crippen molar-refractivity contribution in [3.8, 4) is 0 Å². The van der Waals surface area contributed by atoms with Crippen molar-refractivity contribution >= 4 is 33.8 Å². The molecule has 6 N–H and O–H groups in total. The summed E-state index contributed by atoms with van der Waals surface area (Å²) in [6, 6.07) is 0. The van der Waals surface area contributed by atoms with Crippen molar-refractivity contribution < 1.29 is 9.59 Å². The number of hydrogen-bond acceptors (Lipinski definition) is 5. The number of hydrogen-bond donors (Lipinski definition) is 3. The lowest BCUT2D eigenvalue weighted by atomic mass is 9.95. The molecule has 1 aliphatic heterocycles. The molecule has 110 valence electrons. The number of primary amides is 2. The smallest absolute Gasteiger partial charge is 0.260 e. The third-order valence-corrected chi connectivity index (χ3v) is 5.06.